The Balaban J connectivity index is 2.31. The summed E-state index contributed by atoms with van der Waals surface area (Å²) in [6.07, 6.45) is 5.27. The quantitative estimate of drug-likeness (QED) is 0.632. The van der Waals surface area contributed by atoms with Crippen LogP contribution in [0.5, 0.6) is 0 Å². The molecule has 3 unspecified atom stereocenters. The summed E-state index contributed by atoms with van der Waals surface area (Å²) in [5, 5.41) is 14.1. The van der Waals surface area contributed by atoms with E-state index in [9.17, 15) is 9.59 Å². The first-order chi connectivity index (χ1) is 8.54. The van der Waals surface area contributed by atoms with Crippen LogP contribution < -0.4 is 10.6 Å². The minimum Gasteiger partial charge on any atom is -0.480 e. The Morgan fingerprint density at radius 2 is 2.22 bits per heavy atom. The van der Waals surface area contributed by atoms with Crippen LogP contribution in [-0.4, -0.2) is 29.7 Å². The predicted molar refractivity (Wildman–Crippen MR) is 69.3 cm³/mol. The van der Waals surface area contributed by atoms with Crippen molar-refractivity contribution in [3.63, 3.8) is 0 Å². The number of carboxylic acid groups (broad SMARTS) is 1. The zero-order valence-electron chi connectivity index (χ0n) is 10.8. The Labute approximate surface area is 108 Å². The topological polar surface area (TPSA) is 78.4 Å². The Kier molecular flexibility index (Phi) is 5.68. The number of carbonyl (C=O) groups is 2. The molecule has 1 saturated carbocycles. The zero-order valence-corrected chi connectivity index (χ0v) is 10.8. The van der Waals surface area contributed by atoms with E-state index in [1.54, 1.807) is 0 Å². The van der Waals surface area contributed by atoms with Crippen molar-refractivity contribution in [2.24, 2.45) is 11.8 Å². The second kappa shape index (κ2) is 7.03. The van der Waals surface area contributed by atoms with Crippen molar-refractivity contribution in [1.29, 1.82) is 0 Å². The molecule has 0 radical (unpaired) electrons. The van der Waals surface area contributed by atoms with Crippen LogP contribution >= 0.6 is 0 Å². The summed E-state index contributed by atoms with van der Waals surface area (Å²) >= 11 is 0. The fourth-order valence-corrected chi connectivity index (χ4v) is 2.35. The number of rotatable bonds is 6. The first-order valence-corrected chi connectivity index (χ1v) is 6.42. The van der Waals surface area contributed by atoms with Crippen LogP contribution in [0.1, 0.15) is 32.6 Å². The minimum atomic E-state index is -1.04. The third-order valence-electron chi connectivity index (χ3n) is 3.57. The van der Waals surface area contributed by atoms with Crippen molar-refractivity contribution in [1.82, 2.24) is 10.6 Å². The molecule has 3 atom stereocenters. The summed E-state index contributed by atoms with van der Waals surface area (Å²) in [6, 6.07) is -1.31. The second-order valence-corrected chi connectivity index (χ2v) is 4.94. The van der Waals surface area contributed by atoms with Gasteiger partial charge in [-0.05, 0) is 24.7 Å². The standard InChI is InChI=1S/C13H22N2O3/c1-3-5-11(12(16)17)15-13(18)14-8-10-7-4-6-9(10)2/h3,9-11H,1,4-8H2,2H3,(H,16,17)(H2,14,15,18). The summed E-state index contributed by atoms with van der Waals surface area (Å²) in [6.45, 7) is 6.28. The molecule has 18 heavy (non-hydrogen) atoms. The van der Waals surface area contributed by atoms with Gasteiger partial charge in [-0.1, -0.05) is 25.8 Å². The van der Waals surface area contributed by atoms with Gasteiger partial charge in [0.15, 0.2) is 0 Å². The maximum atomic E-state index is 11.6. The van der Waals surface area contributed by atoms with Crippen molar-refractivity contribution in [2.75, 3.05) is 6.54 Å². The summed E-state index contributed by atoms with van der Waals surface area (Å²) in [5.41, 5.74) is 0. The van der Waals surface area contributed by atoms with Crippen LogP contribution in [0.3, 0.4) is 0 Å². The first-order valence-electron chi connectivity index (χ1n) is 6.42. The van der Waals surface area contributed by atoms with E-state index in [-0.39, 0.29) is 6.42 Å². The number of nitrogens with one attached hydrogen (secondary N) is 2. The van der Waals surface area contributed by atoms with Crippen molar-refractivity contribution < 1.29 is 14.7 Å². The van der Waals surface area contributed by atoms with Gasteiger partial charge in [0.2, 0.25) is 0 Å². The number of carboxylic acids is 1. The second-order valence-electron chi connectivity index (χ2n) is 4.94. The van der Waals surface area contributed by atoms with E-state index in [1.165, 1.54) is 18.9 Å². The highest BCUT2D eigenvalue weighted by molar-refractivity contribution is 5.82. The molecule has 3 N–H and O–H groups in total. The molecule has 5 nitrogen and oxygen atoms in total. The van der Waals surface area contributed by atoms with Gasteiger partial charge in [-0.15, -0.1) is 6.58 Å². The maximum Gasteiger partial charge on any atom is 0.326 e. The van der Waals surface area contributed by atoms with Crippen LogP contribution in [0, 0.1) is 11.8 Å². The average molecular weight is 254 g/mol. The molecule has 1 rings (SSSR count). The van der Waals surface area contributed by atoms with Gasteiger partial charge in [-0.2, -0.15) is 0 Å². The van der Waals surface area contributed by atoms with Gasteiger partial charge in [-0.25, -0.2) is 9.59 Å². The van der Waals surface area contributed by atoms with Crippen LogP contribution in [-0.2, 0) is 4.79 Å². The van der Waals surface area contributed by atoms with Crippen molar-refractivity contribution in [3.8, 4) is 0 Å². The van der Waals surface area contributed by atoms with E-state index in [2.05, 4.69) is 24.1 Å². The Hall–Kier alpha value is -1.52. The summed E-state index contributed by atoms with van der Waals surface area (Å²) < 4.78 is 0. The molecule has 1 fully saturated rings. The number of carbonyl (C=O) groups excluding carboxylic acids is 1. The molecule has 0 aromatic carbocycles. The monoisotopic (exact) mass is 254 g/mol. The Bertz CT molecular complexity index is 317. The van der Waals surface area contributed by atoms with Crippen LogP contribution in [0.25, 0.3) is 0 Å². The van der Waals surface area contributed by atoms with Crippen LogP contribution in [0.15, 0.2) is 12.7 Å². The molecule has 2 amide bonds. The zero-order chi connectivity index (χ0) is 13.5. The van der Waals surface area contributed by atoms with Gasteiger partial charge in [-0.3, -0.25) is 0 Å². The lowest BCUT2D eigenvalue weighted by Crippen LogP contribution is -2.47. The molecule has 0 aromatic rings. The number of hydrogen-bond donors (Lipinski definition) is 3. The van der Waals surface area contributed by atoms with Crippen molar-refractivity contribution in [2.45, 2.75) is 38.6 Å². The molecule has 102 valence electrons. The van der Waals surface area contributed by atoms with Crippen molar-refractivity contribution in [3.05, 3.63) is 12.7 Å². The molecule has 5 heteroatoms. The molecule has 1 aliphatic carbocycles. The molecular formula is C13H22N2O3. The highest BCUT2D eigenvalue weighted by atomic mass is 16.4. The van der Waals surface area contributed by atoms with Gasteiger partial charge in [0, 0.05) is 6.54 Å². The predicted octanol–water partition coefficient (Wildman–Crippen LogP) is 1.75. The third kappa shape index (κ3) is 4.39. The van der Waals surface area contributed by atoms with Crippen LogP contribution in [0.4, 0.5) is 4.79 Å². The highest BCUT2D eigenvalue weighted by Gasteiger charge is 2.24. The molecule has 0 bridgehead atoms. The number of amides is 2. The van der Waals surface area contributed by atoms with Gasteiger partial charge in [0.1, 0.15) is 6.04 Å². The molecule has 0 saturated heterocycles. The van der Waals surface area contributed by atoms with Crippen LogP contribution in [0.2, 0.25) is 0 Å². The van der Waals surface area contributed by atoms with E-state index in [0.29, 0.717) is 18.4 Å². The summed E-state index contributed by atoms with van der Waals surface area (Å²) in [5.74, 6) is 0.103. The molecule has 0 aromatic heterocycles. The van der Waals surface area contributed by atoms with E-state index in [4.69, 9.17) is 5.11 Å². The fourth-order valence-electron chi connectivity index (χ4n) is 2.35. The average Bonchev–Trinajstić information content (AvgIpc) is 2.71. The van der Waals surface area contributed by atoms with E-state index in [0.717, 1.165) is 6.42 Å². The lowest BCUT2D eigenvalue weighted by molar-refractivity contribution is -0.139. The lowest BCUT2D eigenvalue weighted by atomic mass is 9.98. The van der Waals surface area contributed by atoms with E-state index >= 15 is 0 Å². The number of hydrogen-bond acceptors (Lipinski definition) is 2. The molecule has 0 heterocycles. The van der Waals surface area contributed by atoms with Gasteiger partial charge in [0.25, 0.3) is 0 Å². The minimum absolute atomic E-state index is 0.225. The van der Waals surface area contributed by atoms with Gasteiger partial charge < -0.3 is 15.7 Å². The molecular weight excluding hydrogens is 232 g/mol. The summed E-state index contributed by atoms with van der Waals surface area (Å²) in [4.78, 5) is 22.4. The van der Waals surface area contributed by atoms with Crippen molar-refractivity contribution >= 4 is 12.0 Å². The lowest BCUT2D eigenvalue weighted by Gasteiger charge is -2.18. The Morgan fingerprint density at radius 3 is 2.72 bits per heavy atom. The summed E-state index contributed by atoms with van der Waals surface area (Å²) in [7, 11) is 0. The third-order valence-corrected chi connectivity index (χ3v) is 3.57. The normalized spacial score (nSPS) is 24.3. The van der Waals surface area contributed by atoms with E-state index < -0.39 is 18.0 Å². The van der Waals surface area contributed by atoms with E-state index in [1.807, 2.05) is 0 Å². The highest BCUT2D eigenvalue weighted by Crippen LogP contribution is 2.30. The molecule has 0 spiro atoms. The Morgan fingerprint density at radius 1 is 1.50 bits per heavy atom. The van der Waals surface area contributed by atoms with Gasteiger partial charge >= 0.3 is 12.0 Å². The molecule has 1 aliphatic rings. The van der Waals surface area contributed by atoms with Gasteiger partial charge in [0.05, 0.1) is 0 Å². The molecule has 0 aliphatic heterocycles. The maximum absolute atomic E-state index is 11.6. The fraction of sp³-hybridized carbons (Fsp3) is 0.692. The SMILES string of the molecule is C=CCC(NC(=O)NCC1CCCC1C)C(=O)O. The smallest absolute Gasteiger partial charge is 0.326 e. The first kappa shape index (κ1) is 14.5. The number of aliphatic carboxylic acids is 1. The largest absolute Gasteiger partial charge is 0.480 e. The number of urea groups is 1.